The molecule has 0 aromatic heterocycles. The number of amides is 1. The van der Waals surface area contributed by atoms with Crippen LogP contribution in [0.15, 0.2) is 0 Å². The standard InChI is InChI=1S/C16H30N2O/c1-3-5-6-11(4-2)10-18-16(19)14-12-7-8-13(9-12)15(14)17/h11-15H,3-10,17H2,1-2H3,(H,18,19). The molecule has 3 heteroatoms. The largest absolute Gasteiger partial charge is 0.356 e. The molecule has 2 bridgehead atoms. The Morgan fingerprint density at radius 3 is 2.63 bits per heavy atom. The van der Waals surface area contributed by atoms with E-state index in [2.05, 4.69) is 19.2 Å². The Hall–Kier alpha value is -0.570. The van der Waals surface area contributed by atoms with Gasteiger partial charge in [-0.15, -0.1) is 0 Å². The van der Waals surface area contributed by atoms with Crippen molar-refractivity contribution in [1.29, 1.82) is 0 Å². The number of unbranched alkanes of at least 4 members (excludes halogenated alkanes) is 1. The molecule has 2 saturated carbocycles. The number of hydrogen-bond acceptors (Lipinski definition) is 2. The van der Waals surface area contributed by atoms with E-state index in [1.807, 2.05) is 0 Å². The van der Waals surface area contributed by atoms with Crippen LogP contribution in [0, 0.1) is 23.7 Å². The Morgan fingerprint density at radius 1 is 1.32 bits per heavy atom. The van der Waals surface area contributed by atoms with Gasteiger partial charge in [0, 0.05) is 12.6 Å². The lowest BCUT2D eigenvalue weighted by atomic mass is 9.84. The summed E-state index contributed by atoms with van der Waals surface area (Å²) in [5.74, 6) is 2.15. The van der Waals surface area contributed by atoms with Crippen molar-refractivity contribution >= 4 is 5.91 Å². The molecular formula is C16H30N2O. The van der Waals surface area contributed by atoms with E-state index in [1.165, 1.54) is 38.5 Å². The quantitative estimate of drug-likeness (QED) is 0.744. The molecule has 0 saturated heterocycles. The normalized spacial score (nSPS) is 34.5. The lowest BCUT2D eigenvalue weighted by Crippen LogP contribution is -2.46. The summed E-state index contributed by atoms with van der Waals surface area (Å²) in [4.78, 5) is 12.3. The molecule has 19 heavy (non-hydrogen) atoms. The minimum Gasteiger partial charge on any atom is -0.356 e. The molecule has 0 heterocycles. The van der Waals surface area contributed by atoms with Gasteiger partial charge in [-0.3, -0.25) is 4.79 Å². The second-order valence-corrected chi connectivity index (χ2v) is 6.60. The summed E-state index contributed by atoms with van der Waals surface area (Å²) < 4.78 is 0. The Kier molecular flexibility index (Phi) is 5.26. The number of carbonyl (C=O) groups is 1. The van der Waals surface area contributed by atoms with Crippen LogP contribution in [0.3, 0.4) is 0 Å². The van der Waals surface area contributed by atoms with Gasteiger partial charge in [-0.05, 0) is 43.4 Å². The van der Waals surface area contributed by atoms with Crippen molar-refractivity contribution in [2.24, 2.45) is 29.4 Å². The van der Waals surface area contributed by atoms with Crippen LogP contribution < -0.4 is 11.1 Å². The number of hydrogen-bond donors (Lipinski definition) is 2. The topological polar surface area (TPSA) is 55.1 Å². The molecule has 2 fully saturated rings. The first-order valence-electron chi connectivity index (χ1n) is 8.20. The summed E-state index contributed by atoms with van der Waals surface area (Å²) in [5.41, 5.74) is 6.22. The van der Waals surface area contributed by atoms with Gasteiger partial charge < -0.3 is 11.1 Å². The van der Waals surface area contributed by atoms with Crippen LogP contribution in [-0.4, -0.2) is 18.5 Å². The molecule has 5 unspecified atom stereocenters. The molecule has 0 aromatic rings. The van der Waals surface area contributed by atoms with Crippen LogP contribution in [-0.2, 0) is 4.79 Å². The van der Waals surface area contributed by atoms with Gasteiger partial charge >= 0.3 is 0 Å². The van der Waals surface area contributed by atoms with Crippen LogP contribution in [0.5, 0.6) is 0 Å². The third kappa shape index (κ3) is 3.31. The summed E-state index contributed by atoms with van der Waals surface area (Å²) in [5, 5.41) is 3.18. The number of carbonyl (C=O) groups excluding carboxylic acids is 1. The van der Waals surface area contributed by atoms with E-state index in [1.54, 1.807) is 0 Å². The van der Waals surface area contributed by atoms with Gasteiger partial charge in [0.05, 0.1) is 5.92 Å². The maximum Gasteiger partial charge on any atom is 0.224 e. The molecule has 2 aliphatic carbocycles. The van der Waals surface area contributed by atoms with Gasteiger partial charge in [0.25, 0.3) is 0 Å². The zero-order valence-electron chi connectivity index (χ0n) is 12.5. The molecule has 3 N–H and O–H groups in total. The molecule has 3 nitrogen and oxygen atoms in total. The molecule has 0 radical (unpaired) electrons. The van der Waals surface area contributed by atoms with E-state index in [0.29, 0.717) is 17.8 Å². The molecular weight excluding hydrogens is 236 g/mol. The third-order valence-electron chi connectivity index (χ3n) is 5.39. The predicted octanol–water partition coefficient (Wildman–Crippen LogP) is 2.69. The Morgan fingerprint density at radius 2 is 2.05 bits per heavy atom. The van der Waals surface area contributed by atoms with Crippen molar-refractivity contribution in [3.05, 3.63) is 0 Å². The average Bonchev–Trinajstić information content (AvgIpc) is 2.99. The monoisotopic (exact) mass is 266 g/mol. The Labute approximate surface area is 117 Å². The average molecular weight is 266 g/mol. The molecule has 0 aliphatic heterocycles. The van der Waals surface area contributed by atoms with Gasteiger partial charge in [0.1, 0.15) is 0 Å². The second-order valence-electron chi connectivity index (χ2n) is 6.60. The van der Waals surface area contributed by atoms with Crippen LogP contribution >= 0.6 is 0 Å². The molecule has 2 rings (SSSR count). The van der Waals surface area contributed by atoms with Crippen molar-refractivity contribution < 1.29 is 4.79 Å². The minimum atomic E-state index is 0.0995. The minimum absolute atomic E-state index is 0.0995. The van der Waals surface area contributed by atoms with Crippen LogP contribution in [0.2, 0.25) is 0 Å². The fourth-order valence-electron chi connectivity index (χ4n) is 4.03. The first kappa shape index (κ1) is 14.8. The summed E-state index contributed by atoms with van der Waals surface area (Å²) in [7, 11) is 0. The number of nitrogens with one attached hydrogen (secondary N) is 1. The van der Waals surface area contributed by atoms with Crippen LogP contribution in [0.25, 0.3) is 0 Å². The van der Waals surface area contributed by atoms with Gasteiger partial charge in [-0.1, -0.05) is 33.1 Å². The number of fused-ring (bicyclic) bond motifs is 2. The molecule has 110 valence electrons. The third-order valence-corrected chi connectivity index (χ3v) is 5.39. The highest BCUT2D eigenvalue weighted by Crippen LogP contribution is 2.47. The molecule has 0 aromatic carbocycles. The summed E-state index contributed by atoms with van der Waals surface area (Å²) >= 11 is 0. The zero-order valence-corrected chi connectivity index (χ0v) is 12.5. The van der Waals surface area contributed by atoms with E-state index in [4.69, 9.17) is 5.73 Å². The van der Waals surface area contributed by atoms with Gasteiger partial charge in [-0.25, -0.2) is 0 Å². The summed E-state index contributed by atoms with van der Waals surface area (Å²) in [6.07, 6.45) is 8.53. The van der Waals surface area contributed by atoms with Gasteiger partial charge in [0.2, 0.25) is 5.91 Å². The fraction of sp³-hybridized carbons (Fsp3) is 0.938. The Bertz CT molecular complexity index is 303. The maximum absolute atomic E-state index is 12.3. The molecule has 1 amide bonds. The molecule has 2 aliphatic rings. The summed E-state index contributed by atoms with van der Waals surface area (Å²) in [6, 6.07) is 0.120. The van der Waals surface area contributed by atoms with Gasteiger partial charge in [-0.2, -0.15) is 0 Å². The van der Waals surface area contributed by atoms with Crippen molar-refractivity contribution in [3.63, 3.8) is 0 Å². The van der Waals surface area contributed by atoms with Gasteiger partial charge in [0.15, 0.2) is 0 Å². The van der Waals surface area contributed by atoms with E-state index in [0.717, 1.165) is 13.0 Å². The first-order chi connectivity index (χ1) is 9.17. The van der Waals surface area contributed by atoms with E-state index >= 15 is 0 Å². The van der Waals surface area contributed by atoms with E-state index < -0.39 is 0 Å². The smallest absolute Gasteiger partial charge is 0.224 e. The van der Waals surface area contributed by atoms with Crippen molar-refractivity contribution in [2.45, 2.75) is 64.8 Å². The van der Waals surface area contributed by atoms with Crippen molar-refractivity contribution in [3.8, 4) is 0 Å². The fourth-order valence-corrected chi connectivity index (χ4v) is 4.03. The van der Waals surface area contributed by atoms with E-state index in [-0.39, 0.29) is 17.9 Å². The lowest BCUT2D eigenvalue weighted by Gasteiger charge is -2.27. The Balaban J connectivity index is 1.78. The first-order valence-corrected chi connectivity index (χ1v) is 8.20. The SMILES string of the molecule is CCCCC(CC)CNC(=O)C1C2CCC(C2)C1N. The second kappa shape index (κ2) is 6.74. The van der Waals surface area contributed by atoms with E-state index in [9.17, 15) is 4.79 Å². The zero-order chi connectivity index (χ0) is 13.8. The predicted molar refractivity (Wildman–Crippen MR) is 78.6 cm³/mol. The van der Waals surface area contributed by atoms with Crippen molar-refractivity contribution in [1.82, 2.24) is 5.32 Å². The molecule has 5 atom stereocenters. The maximum atomic E-state index is 12.3. The number of rotatable bonds is 7. The highest BCUT2D eigenvalue weighted by atomic mass is 16.1. The lowest BCUT2D eigenvalue weighted by molar-refractivity contribution is -0.127. The van der Waals surface area contributed by atoms with Crippen molar-refractivity contribution in [2.75, 3.05) is 6.54 Å². The highest BCUT2D eigenvalue weighted by Gasteiger charge is 2.48. The molecule has 0 spiro atoms. The highest BCUT2D eigenvalue weighted by molar-refractivity contribution is 5.80. The van der Waals surface area contributed by atoms with Crippen LogP contribution in [0.1, 0.15) is 58.8 Å². The summed E-state index contributed by atoms with van der Waals surface area (Å²) in [6.45, 7) is 5.28. The number of nitrogens with two attached hydrogens (primary N) is 1. The van der Waals surface area contributed by atoms with Crippen LogP contribution in [0.4, 0.5) is 0 Å².